The molecule has 7 heteroatoms. The first-order valence-corrected chi connectivity index (χ1v) is 8.29. The number of piperidine rings is 1. The largest absolute Gasteiger partial charge is 0.356 e. The van der Waals surface area contributed by atoms with E-state index in [1.54, 1.807) is 30.3 Å². The lowest BCUT2D eigenvalue weighted by molar-refractivity contribution is 0.316. The fraction of sp³-hybridized carbons (Fsp3) is 0.357. The summed E-state index contributed by atoms with van der Waals surface area (Å²) in [6.45, 7) is 0.855. The summed E-state index contributed by atoms with van der Waals surface area (Å²) in [6.07, 6.45) is 3.14. The summed E-state index contributed by atoms with van der Waals surface area (Å²) >= 11 is 0. The van der Waals surface area contributed by atoms with Crippen molar-refractivity contribution in [3.8, 4) is 11.3 Å². The molecule has 1 aliphatic rings. The van der Waals surface area contributed by atoms with E-state index in [0.29, 0.717) is 24.4 Å². The molecule has 0 aliphatic carbocycles. The van der Waals surface area contributed by atoms with Crippen LogP contribution in [0.3, 0.4) is 0 Å². The molecule has 1 aromatic carbocycles. The van der Waals surface area contributed by atoms with Gasteiger partial charge in [0.2, 0.25) is 10.0 Å². The Morgan fingerprint density at radius 2 is 2.10 bits per heavy atom. The maximum Gasteiger partial charge on any atom is 0.243 e. The summed E-state index contributed by atoms with van der Waals surface area (Å²) in [6, 6.07) is 8.34. The highest BCUT2D eigenvalue weighted by atomic mass is 32.2. The predicted octanol–water partition coefficient (Wildman–Crippen LogP) is 1.45. The first-order chi connectivity index (χ1) is 10.1. The molecule has 1 aromatic heterocycles. The number of hydrogen-bond donors (Lipinski definition) is 1. The van der Waals surface area contributed by atoms with Gasteiger partial charge in [0.1, 0.15) is 0 Å². The maximum atomic E-state index is 12.9. The molecular formula is C14H17N3O3S. The van der Waals surface area contributed by atoms with Crippen molar-refractivity contribution in [2.75, 3.05) is 13.1 Å². The topological polar surface area (TPSA) is 89.4 Å². The molecule has 112 valence electrons. The van der Waals surface area contributed by atoms with Crippen molar-refractivity contribution in [2.45, 2.75) is 23.8 Å². The number of hydrogen-bond acceptors (Lipinski definition) is 5. The molecule has 1 aliphatic heterocycles. The second kappa shape index (κ2) is 5.59. The second-order valence-electron chi connectivity index (χ2n) is 5.14. The van der Waals surface area contributed by atoms with Gasteiger partial charge in [0.05, 0.1) is 11.1 Å². The summed E-state index contributed by atoms with van der Waals surface area (Å²) in [5.74, 6) is 0.440. The van der Waals surface area contributed by atoms with E-state index in [9.17, 15) is 8.42 Å². The van der Waals surface area contributed by atoms with Crippen molar-refractivity contribution < 1.29 is 12.9 Å². The summed E-state index contributed by atoms with van der Waals surface area (Å²) < 4.78 is 32.3. The molecule has 0 spiro atoms. The van der Waals surface area contributed by atoms with Gasteiger partial charge in [0.15, 0.2) is 5.76 Å². The van der Waals surface area contributed by atoms with Gasteiger partial charge in [-0.2, -0.15) is 4.31 Å². The fourth-order valence-corrected chi connectivity index (χ4v) is 4.31. The van der Waals surface area contributed by atoms with Gasteiger partial charge in [0.25, 0.3) is 0 Å². The number of sulfonamides is 1. The van der Waals surface area contributed by atoms with Crippen LogP contribution in [-0.2, 0) is 10.0 Å². The van der Waals surface area contributed by atoms with E-state index in [4.69, 9.17) is 10.3 Å². The molecule has 3 rings (SSSR count). The highest BCUT2D eigenvalue weighted by Crippen LogP contribution is 2.30. The number of aromatic nitrogens is 1. The lowest BCUT2D eigenvalue weighted by atomic mass is 10.1. The lowest BCUT2D eigenvalue weighted by Crippen LogP contribution is -2.45. The van der Waals surface area contributed by atoms with Crippen LogP contribution in [0.1, 0.15) is 12.8 Å². The van der Waals surface area contributed by atoms with Crippen molar-refractivity contribution in [1.29, 1.82) is 0 Å². The van der Waals surface area contributed by atoms with E-state index in [-0.39, 0.29) is 10.9 Å². The Morgan fingerprint density at radius 3 is 2.81 bits per heavy atom. The highest BCUT2D eigenvalue weighted by Gasteiger charge is 2.31. The lowest BCUT2D eigenvalue weighted by Gasteiger charge is -2.30. The van der Waals surface area contributed by atoms with Gasteiger partial charge in [-0.1, -0.05) is 17.3 Å². The number of nitrogens with two attached hydrogens (primary N) is 1. The van der Waals surface area contributed by atoms with E-state index < -0.39 is 10.0 Å². The van der Waals surface area contributed by atoms with Gasteiger partial charge in [-0.3, -0.25) is 0 Å². The summed E-state index contributed by atoms with van der Waals surface area (Å²) in [5.41, 5.74) is 6.42. The minimum atomic E-state index is -3.59. The maximum absolute atomic E-state index is 12.9. The van der Waals surface area contributed by atoms with E-state index in [1.807, 2.05) is 0 Å². The predicted molar refractivity (Wildman–Crippen MR) is 77.9 cm³/mol. The van der Waals surface area contributed by atoms with E-state index in [1.165, 1.54) is 10.5 Å². The summed E-state index contributed by atoms with van der Waals surface area (Å²) in [4.78, 5) is 0.232. The van der Waals surface area contributed by atoms with Crippen LogP contribution in [0.5, 0.6) is 0 Å². The smallest absolute Gasteiger partial charge is 0.243 e. The molecule has 1 saturated heterocycles. The van der Waals surface area contributed by atoms with Crippen molar-refractivity contribution >= 4 is 10.0 Å². The summed E-state index contributed by atoms with van der Waals surface area (Å²) in [7, 11) is -3.59. The standard InChI is InChI=1S/C14H17N3O3S/c15-11-4-3-9-17(10-11)21(18,19)14-6-2-1-5-12(14)13-7-8-16-20-13/h1-2,5-8,11H,3-4,9-10,15H2. The van der Waals surface area contributed by atoms with E-state index in [2.05, 4.69) is 5.16 Å². The highest BCUT2D eigenvalue weighted by molar-refractivity contribution is 7.89. The monoisotopic (exact) mass is 307 g/mol. The van der Waals surface area contributed by atoms with Crippen LogP contribution in [0.4, 0.5) is 0 Å². The van der Waals surface area contributed by atoms with Gasteiger partial charge in [-0.25, -0.2) is 8.42 Å². The minimum absolute atomic E-state index is 0.106. The zero-order valence-electron chi connectivity index (χ0n) is 11.5. The van der Waals surface area contributed by atoms with Gasteiger partial charge in [0, 0.05) is 30.8 Å². The Hall–Kier alpha value is -1.70. The third-order valence-corrected chi connectivity index (χ3v) is 5.55. The van der Waals surface area contributed by atoms with Crippen molar-refractivity contribution in [2.24, 2.45) is 5.73 Å². The van der Waals surface area contributed by atoms with Crippen molar-refractivity contribution in [3.63, 3.8) is 0 Å². The zero-order valence-corrected chi connectivity index (χ0v) is 12.3. The molecular weight excluding hydrogens is 290 g/mol. The third-order valence-electron chi connectivity index (χ3n) is 3.63. The van der Waals surface area contributed by atoms with Crippen LogP contribution in [-0.4, -0.2) is 37.0 Å². The zero-order chi connectivity index (χ0) is 14.9. The van der Waals surface area contributed by atoms with Crippen LogP contribution in [0.15, 0.2) is 45.9 Å². The average molecular weight is 307 g/mol. The van der Waals surface area contributed by atoms with Crippen molar-refractivity contribution in [1.82, 2.24) is 9.46 Å². The molecule has 2 aromatic rings. The molecule has 1 atom stereocenters. The van der Waals surface area contributed by atoms with Crippen molar-refractivity contribution in [3.05, 3.63) is 36.5 Å². The Labute approximate surface area is 123 Å². The first kappa shape index (κ1) is 14.2. The molecule has 2 heterocycles. The third kappa shape index (κ3) is 2.72. The first-order valence-electron chi connectivity index (χ1n) is 6.85. The number of rotatable bonds is 3. The number of benzene rings is 1. The molecule has 21 heavy (non-hydrogen) atoms. The molecule has 1 unspecified atom stereocenters. The molecule has 0 saturated carbocycles. The average Bonchev–Trinajstić information content (AvgIpc) is 3.01. The van der Waals surface area contributed by atoms with Gasteiger partial charge in [-0.05, 0) is 25.0 Å². The van der Waals surface area contributed by atoms with Crippen LogP contribution in [0.2, 0.25) is 0 Å². The Morgan fingerprint density at radius 1 is 1.29 bits per heavy atom. The second-order valence-corrected chi connectivity index (χ2v) is 7.04. The van der Waals surface area contributed by atoms with Crippen LogP contribution in [0.25, 0.3) is 11.3 Å². The van der Waals surface area contributed by atoms with Crippen LogP contribution >= 0.6 is 0 Å². The molecule has 0 radical (unpaired) electrons. The van der Waals surface area contributed by atoms with E-state index in [0.717, 1.165) is 12.8 Å². The molecule has 6 nitrogen and oxygen atoms in total. The number of nitrogens with zero attached hydrogens (tertiary/aromatic N) is 2. The van der Waals surface area contributed by atoms with Gasteiger partial charge < -0.3 is 10.3 Å². The summed E-state index contributed by atoms with van der Waals surface area (Å²) in [5, 5.41) is 3.64. The Kier molecular flexibility index (Phi) is 3.79. The Bertz CT molecular complexity index is 713. The van der Waals surface area contributed by atoms with Gasteiger partial charge in [-0.15, -0.1) is 0 Å². The normalized spacial score (nSPS) is 20.5. The van der Waals surface area contributed by atoms with Crippen LogP contribution < -0.4 is 5.73 Å². The molecule has 2 N–H and O–H groups in total. The van der Waals surface area contributed by atoms with E-state index >= 15 is 0 Å². The molecule has 0 bridgehead atoms. The molecule has 1 fully saturated rings. The minimum Gasteiger partial charge on any atom is -0.356 e. The fourth-order valence-electron chi connectivity index (χ4n) is 2.58. The molecule has 0 amide bonds. The van der Waals surface area contributed by atoms with Gasteiger partial charge >= 0.3 is 0 Å². The SMILES string of the molecule is NC1CCCN(S(=O)(=O)c2ccccc2-c2ccno2)C1. The quantitative estimate of drug-likeness (QED) is 0.927. The Balaban J connectivity index is 2.03. The van der Waals surface area contributed by atoms with Crippen LogP contribution in [0, 0.1) is 0 Å².